The SMILES string of the molecule is CCCc1c(OCCCC/C=C\C=C\C(Sc2ccc3c(=O)cc(OC(=O)O)oc3c2)C(O)c2cc(C(F)(F)F)cs2)ccc(C(C)=O)c1O. The zero-order valence-corrected chi connectivity index (χ0v) is 28.7. The molecule has 0 bridgehead atoms. The number of aromatic hydroxyl groups is 1. The first-order valence-electron chi connectivity index (χ1n) is 15.6. The van der Waals surface area contributed by atoms with E-state index in [1.807, 2.05) is 13.0 Å². The van der Waals surface area contributed by atoms with Crippen molar-refractivity contribution in [2.24, 2.45) is 0 Å². The van der Waals surface area contributed by atoms with E-state index >= 15 is 0 Å². The van der Waals surface area contributed by atoms with E-state index in [4.69, 9.17) is 14.3 Å². The number of allylic oxidation sites excluding steroid dienone is 3. The molecule has 0 saturated carbocycles. The van der Waals surface area contributed by atoms with Gasteiger partial charge in [0.15, 0.2) is 11.2 Å². The fourth-order valence-electron chi connectivity index (χ4n) is 4.93. The molecule has 2 aromatic heterocycles. The van der Waals surface area contributed by atoms with E-state index in [0.29, 0.717) is 42.1 Å². The summed E-state index contributed by atoms with van der Waals surface area (Å²) in [5.41, 5.74) is -0.489. The summed E-state index contributed by atoms with van der Waals surface area (Å²) < 4.78 is 55.6. The lowest BCUT2D eigenvalue weighted by molar-refractivity contribution is -0.137. The van der Waals surface area contributed by atoms with Crippen LogP contribution in [0.25, 0.3) is 11.0 Å². The lowest BCUT2D eigenvalue weighted by Gasteiger charge is -2.18. The Morgan fingerprint density at radius 1 is 1.10 bits per heavy atom. The minimum Gasteiger partial charge on any atom is -0.507 e. The summed E-state index contributed by atoms with van der Waals surface area (Å²) in [6, 6.07) is 9.59. The summed E-state index contributed by atoms with van der Waals surface area (Å²) in [5.74, 6) is -0.237. The standard InChI is InChI=1S/C36H35F3O9S2/c1-3-10-26-28(15-14-24(21(2)40)33(26)42)46-16-9-7-5-4-6-8-11-30(34(43)31-17-22(20-49-31)36(37,38)39)50-23-12-13-25-27(41)19-32(48-35(44)45)47-29(25)18-23/h4,6,8,11-15,17-20,30,34,42-43H,3,5,7,9-10,16H2,1-2H3,(H,44,45)/b6-4-,11-8+. The summed E-state index contributed by atoms with van der Waals surface area (Å²) in [4.78, 5) is 35.7. The number of carbonyl (C=O) groups excluding carboxylic acids is 1. The summed E-state index contributed by atoms with van der Waals surface area (Å²) in [5, 5.41) is 30.9. The molecule has 0 amide bonds. The maximum atomic E-state index is 13.3. The highest BCUT2D eigenvalue weighted by atomic mass is 32.2. The van der Waals surface area contributed by atoms with Crippen molar-refractivity contribution in [2.45, 2.75) is 68.4 Å². The Balaban J connectivity index is 1.42. The molecule has 0 aliphatic carbocycles. The number of ether oxygens (including phenoxy) is 2. The Morgan fingerprint density at radius 3 is 2.56 bits per heavy atom. The summed E-state index contributed by atoms with van der Waals surface area (Å²) >= 11 is 1.90. The molecule has 0 aliphatic rings. The smallest absolute Gasteiger partial charge is 0.507 e. The van der Waals surface area contributed by atoms with E-state index in [1.165, 1.54) is 19.1 Å². The number of benzene rings is 2. The number of aliphatic hydroxyl groups excluding tert-OH is 1. The van der Waals surface area contributed by atoms with Crippen LogP contribution in [0.4, 0.5) is 18.0 Å². The highest BCUT2D eigenvalue weighted by Gasteiger charge is 2.33. The number of Topliss-reactive ketones (excluding diaryl/α,β-unsaturated/α-hetero) is 1. The van der Waals surface area contributed by atoms with Gasteiger partial charge in [0.2, 0.25) is 0 Å². The fraction of sp³-hybridized carbons (Fsp3) is 0.306. The molecule has 0 saturated heterocycles. The van der Waals surface area contributed by atoms with Gasteiger partial charge in [-0.3, -0.25) is 9.59 Å². The second-order valence-corrected chi connectivity index (χ2v) is 13.3. The van der Waals surface area contributed by atoms with Crippen molar-refractivity contribution in [3.8, 4) is 17.4 Å². The lowest BCUT2D eigenvalue weighted by atomic mass is 10.0. The van der Waals surface area contributed by atoms with E-state index in [-0.39, 0.29) is 32.9 Å². The van der Waals surface area contributed by atoms with Crippen molar-refractivity contribution in [3.63, 3.8) is 0 Å². The van der Waals surface area contributed by atoms with Crippen LogP contribution in [0.1, 0.15) is 72.0 Å². The van der Waals surface area contributed by atoms with Gasteiger partial charge in [-0.2, -0.15) is 13.2 Å². The number of ketones is 1. The topological polar surface area (TPSA) is 144 Å². The first kappa shape index (κ1) is 38.3. The Morgan fingerprint density at radius 2 is 1.88 bits per heavy atom. The molecule has 2 atom stereocenters. The third-order valence-electron chi connectivity index (χ3n) is 7.38. The molecule has 9 nitrogen and oxygen atoms in total. The Labute approximate surface area is 293 Å². The average molecular weight is 733 g/mol. The van der Waals surface area contributed by atoms with Gasteiger partial charge in [-0.05, 0) is 69.0 Å². The Hall–Kier alpha value is -4.53. The number of fused-ring (bicyclic) bond motifs is 1. The van der Waals surface area contributed by atoms with Gasteiger partial charge >= 0.3 is 12.3 Å². The highest BCUT2D eigenvalue weighted by Crippen LogP contribution is 2.40. The van der Waals surface area contributed by atoms with Crippen LogP contribution >= 0.6 is 23.1 Å². The van der Waals surface area contributed by atoms with Crippen LogP contribution in [0.5, 0.6) is 17.4 Å². The predicted molar refractivity (Wildman–Crippen MR) is 185 cm³/mol. The van der Waals surface area contributed by atoms with Gasteiger partial charge in [0.05, 0.1) is 34.4 Å². The van der Waals surface area contributed by atoms with Gasteiger partial charge in [-0.15, -0.1) is 23.1 Å². The Kier molecular flexibility index (Phi) is 13.3. The number of halogens is 3. The Bertz CT molecular complexity index is 1930. The monoisotopic (exact) mass is 732 g/mol. The van der Waals surface area contributed by atoms with Gasteiger partial charge in [0, 0.05) is 20.7 Å². The number of hydrogen-bond donors (Lipinski definition) is 3. The molecule has 0 radical (unpaired) electrons. The number of phenols is 1. The van der Waals surface area contributed by atoms with E-state index in [9.17, 15) is 37.8 Å². The van der Waals surface area contributed by atoms with Crippen LogP contribution in [0, 0.1) is 0 Å². The van der Waals surface area contributed by atoms with Crippen LogP contribution in [-0.4, -0.2) is 39.1 Å². The minimum absolute atomic E-state index is 0.0294. The lowest BCUT2D eigenvalue weighted by Crippen LogP contribution is -2.12. The molecule has 2 unspecified atom stereocenters. The quantitative estimate of drug-likeness (QED) is 0.0335. The number of aliphatic hydroxyl groups is 1. The second kappa shape index (κ2) is 17.4. The molecule has 0 fully saturated rings. The summed E-state index contributed by atoms with van der Waals surface area (Å²) in [6.45, 7) is 3.77. The molecule has 0 spiro atoms. The molecule has 50 heavy (non-hydrogen) atoms. The first-order valence-corrected chi connectivity index (χ1v) is 17.3. The van der Waals surface area contributed by atoms with Crippen molar-refractivity contribution in [1.82, 2.24) is 0 Å². The maximum absolute atomic E-state index is 13.3. The van der Waals surface area contributed by atoms with Crippen LogP contribution < -0.4 is 14.9 Å². The number of unbranched alkanes of at least 4 members (excludes halogenated alkanes) is 2. The van der Waals surface area contributed by atoms with Gasteiger partial charge in [0.1, 0.15) is 23.2 Å². The van der Waals surface area contributed by atoms with Crippen molar-refractivity contribution >= 4 is 46.0 Å². The number of hydrogen-bond acceptors (Lipinski definition) is 10. The van der Waals surface area contributed by atoms with E-state index in [2.05, 4.69) is 4.74 Å². The number of phenolic OH excluding ortho intramolecular Hbond substituents is 1. The van der Waals surface area contributed by atoms with Crippen LogP contribution in [0.15, 0.2) is 86.3 Å². The van der Waals surface area contributed by atoms with Crippen LogP contribution in [-0.2, 0) is 12.6 Å². The molecule has 0 aliphatic heterocycles. The number of thiophene rings is 1. The number of carboxylic acid groups (broad SMARTS) is 1. The molecule has 2 heterocycles. The number of rotatable bonds is 16. The molecule has 4 rings (SSSR count). The van der Waals surface area contributed by atoms with Crippen LogP contribution in [0.2, 0.25) is 0 Å². The number of alkyl halides is 3. The predicted octanol–water partition coefficient (Wildman–Crippen LogP) is 9.35. The zero-order chi connectivity index (χ0) is 36.4. The van der Waals surface area contributed by atoms with Gasteiger partial charge in [0.25, 0.3) is 5.95 Å². The van der Waals surface area contributed by atoms with E-state index in [0.717, 1.165) is 53.5 Å². The average Bonchev–Trinajstić information content (AvgIpc) is 3.55. The molecular weight excluding hydrogens is 698 g/mol. The summed E-state index contributed by atoms with van der Waals surface area (Å²) in [6.07, 6.45) is 2.97. The van der Waals surface area contributed by atoms with Gasteiger partial charge in [-0.1, -0.05) is 37.6 Å². The highest BCUT2D eigenvalue weighted by molar-refractivity contribution is 8.00. The van der Waals surface area contributed by atoms with Crippen LogP contribution in [0.3, 0.4) is 0 Å². The molecule has 4 aromatic rings. The maximum Gasteiger partial charge on any atom is 0.513 e. The molecule has 2 aromatic carbocycles. The fourth-order valence-corrected chi connectivity index (χ4v) is 7.04. The summed E-state index contributed by atoms with van der Waals surface area (Å²) in [7, 11) is 0. The minimum atomic E-state index is -4.56. The first-order chi connectivity index (χ1) is 23.8. The third-order valence-corrected chi connectivity index (χ3v) is 9.59. The number of carbonyl (C=O) groups is 2. The van der Waals surface area contributed by atoms with Crippen molar-refractivity contribution in [2.75, 3.05) is 6.61 Å². The second-order valence-electron chi connectivity index (χ2n) is 11.1. The van der Waals surface area contributed by atoms with Gasteiger partial charge in [-0.25, -0.2) is 4.79 Å². The van der Waals surface area contributed by atoms with Crippen molar-refractivity contribution in [1.29, 1.82) is 0 Å². The largest absolute Gasteiger partial charge is 0.513 e. The zero-order valence-electron chi connectivity index (χ0n) is 27.1. The molecule has 266 valence electrons. The molecule has 3 N–H and O–H groups in total. The van der Waals surface area contributed by atoms with E-state index in [1.54, 1.807) is 36.4 Å². The molecule has 14 heteroatoms. The third kappa shape index (κ3) is 10.2. The van der Waals surface area contributed by atoms with Crippen molar-refractivity contribution in [3.05, 3.63) is 104 Å². The molecular formula is C36H35F3O9S2. The van der Waals surface area contributed by atoms with Crippen molar-refractivity contribution < 1.29 is 52.0 Å². The normalized spacial score (nSPS) is 13.2. The van der Waals surface area contributed by atoms with E-state index < -0.39 is 40.6 Å². The van der Waals surface area contributed by atoms with Gasteiger partial charge < -0.3 is 29.2 Å². The number of thioether (sulfide) groups is 1.